The Morgan fingerprint density at radius 1 is 1.47 bits per heavy atom. The number of rotatable bonds is 6. The minimum Gasteiger partial charge on any atom is -0.380 e. The summed E-state index contributed by atoms with van der Waals surface area (Å²) in [5, 5.41) is 6.05. The lowest BCUT2D eigenvalue weighted by Crippen LogP contribution is -2.29. The van der Waals surface area contributed by atoms with Crippen LogP contribution in [-0.4, -0.2) is 25.6 Å². The quantitative estimate of drug-likeness (QED) is 0.784. The standard InChI is InChI=1S/C13H18N2O2/c1-17-9-10-3-2-4-12(7-10)15-13(16)8-14-11-5-6-11/h2-4,7,11,14H,5-6,8-9H2,1H3,(H,15,16). The first-order valence-corrected chi connectivity index (χ1v) is 5.89. The third kappa shape index (κ3) is 4.17. The molecule has 1 aliphatic rings. The van der Waals surface area contributed by atoms with Gasteiger partial charge in [0.2, 0.25) is 5.91 Å². The second kappa shape index (κ2) is 5.80. The molecular formula is C13H18N2O2. The van der Waals surface area contributed by atoms with Gasteiger partial charge in [0.05, 0.1) is 13.2 Å². The third-order valence-electron chi connectivity index (χ3n) is 2.65. The van der Waals surface area contributed by atoms with Gasteiger partial charge in [-0.05, 0) is 30.5 Å². The van der Waals surface area contributed by atoms with E-state index >= 15 is 0 Å². The summed E-state index contributed by atoms with van der Waals surface area (Å²) in [6.45, 7) is 0.948. The van der Waals surface area contributed by atoms with Crippen molar-refractivity contribution in [3.63, 3.8) is 0 Å². The monoisotopic (exact) mass is 234 g/mol. The molecule has 2 N–H and O–H groups in total. The maximum atomic E-state index is 11.6. The van der Waals surface area contributed by atoms with Crippen molar-refractivity contribution < 1.29 is 9.53 Å². The van der Waals surface area contributed by atoms with Crippen molar-refractivity contribution in [2.45, 2.75) is 25.5 Å². The first-order chi connectivity index (χ1) is 8.28. The lowest BCUT2D eigenvalue weighted by Gasteiger charge is -2.07. The average molecular weight is 234 g/mol. The molecular weight excluding hydrogens is 216 g/mol. The Bertz CT molecular complexity index is 389. The van der Waals surface area contributed by atoms with Crippen molar-refractivity contribution in [3.8, 4) is 0 Å². The van der Waals surface area contributed by atoms with Crippen LogP contribution in [0.25, 0.3) is 0 Å². The van der Waals surface area contributed by atoms with E-state index in [1.165, 1.54) is 12.8 Å². The van der Waals surface area contributed by atoms with E-state index in [0.717, 1.165) is 11.3 Å². The molecule has 0 spiro atoms. The molecule has 1 aromatic carbocycles. The van der Waals surface area contributed by atoms with E-state index in [4.69, 9.17) is 4.74 Å². The lowest BCUT2D eigenvalue weighted by molar-refractivity contribution is -0.115. The third-order valence-corrected chi connectivity index (χ3v) is 2.65. The highest BCUT2D eigenvalue weighted by Crippen LogP contribution is 2.18. The molecule has 2 rings (SSSR count). The molecule has 1 amide bonds. The summed E-state index contributed by atoms with van der Waals surface area (Å²) in [7, 11) is 1.66. The molecule has 0 aromatic heterocycles. The Labute approximate surface area is 101 Å². The molecule has 0 aliphatic heterocycles. The van der Waals surface area contributed by atoms with Gasteiger partial charge in [-0.3, -0.25) is 4.79 Å². The average Bonchev–Trinajstić information content (AvgIpc) is 3.11. The highest BCUT2D eigenvalue weighted by Gasteiger charge is 2.21. The zero-order valence-electron chi connectivity index (χ0n) is 10.0. The lowest BCUT2D eigenvalue weighted by atomic mass is 10.2. The van der Waals surface area contributed by atoms with E-state index in [9.17, 15) is 4.79 Å². The number of hydrogen-bond acceptors (Lipinski definition) is 3. The fourth-order valence-electron chi connectivity index (χ4n) is 1.64. The molecule has 4 heteroatoms. The van der Waals surface area contributed by atoms with Gasteiger partial charge in [0, 0.05) is 18.8 Å². The zero-order valence-corrected chi connectivity index (χ0v) is 10.0. The van der Waals surface area contributed by atoms with Gasteiger partial charge in [-0.1, -0.05) is 12.1 Å². The molecule has 92 valence electrons. The van der Waals surface area contributed by atoms with Crippen LogP contribution in [0.3, 0.4) is 0 Å². The second-order valence-electron chi connectivity index (χ2n) is 4.34. The van der Waals surface area contributed by atoms with Gasteiger partial charge >= 0.3 is 0 Å². The molecule has 0 bridgehead atoms. The van der Waals surface area contributed by atoms with Gasteiger partial charge < -0.3 is 15.4 Å². The fraction of sp³-hybridized carbons (Fsp3) is 0.462. The summed E-state index contributed by atoms with van der Waals surface area (Å²) in [5.74, 6) is 0.00599. The Kier molecular flexibility index (Phi) is 4.12. The summed E-state index contributed by atoms with van der Waals surface area (Å²) in [5.41, 5.74) is 1.88. The van der Waals surface area contributed by atoms with E-state index in [1.54, 1.807) is 7.11 Å². The summed E-state index contributed by atoms with van der Waals surface area (Å²) >= 11 is 0. The first kappa shape index (κ1) is 12.1. The van der Waals surface area contributed by atoms with Crippen molar-refractivity contribution in [2.75, 3.05) is 19.0 Å². The molecule has 0 atom stereocenters. The van der Waals surface area contributed by atoms with Crippen LogP contribution >= 0.6 is 0 Å². The van der Waals surface area contributed by atoms with Gasteiger partial charge in [-0.15, -0.1) is 0 Å². The molecule has 0 saturated heterocycles. The molecule has 0 radical (unpaired) electrons. The predicted octanol–water partition coefficient (Wildman–Crippen LogP) is 1.52. The van der Waals surface area contributed by atoms with E-state index in [0.29, 0.717) is 19.2 Å². The Hall–Kier alpha value is -1.39. The van der Waals surface area contributed by atoms with Gasteiger partial charge in [0.1, 0.15) is 0 Å². The van der Waals surface area contributed by atoms with Gasteiger partial charge in [-0.25, -0.2) is 0 Å². The van der Waals surface area contributed by atoms with Crippen molar-refractivity contribution >= 4 is 11.6 Å². The number of benzene rings is 1. The van der Waals surface area contributed by atoms with Crippen LogP contribution in [0.15, 0.2) is 24.3 Å². The number of carbonyl (C=O) groups is 1. The van der Waals surface area contributed by atoms with Crippen LogP contribution in [0.2, 0.25) is 0 Å². The summed E-state index contributed by atoms with van der Waals surface area (Å²) < 4.78 is 5.05. The number of carbonyl (C=O) groups excluding carboxylic acids is 1. The zero-order chi connectivity index (χ0) is 12.1. The molecule has 1 saturated carbocycles. The molecule has 0 unspecified atom stereocenters. The molecule has 1 fully saturated rings. The number of amides is 1. The topological polar surface area (TPSA) is 50.4 Å². The first-order valence-electron chi connectivity index (χ1n) is 5.89. The number of methoxy groups -OCH3 is 1. The van der Waals surface area contributed by atoms with Crippen LogP contribution in [0.4, 0.5) is 5.69 Å². The summed E-state index contributed by atoms with van der Waals surface area (Å²) in [6.07, 6.45) is 2.38. The summed E-state index contributed by atoms with van der Waals surface area (Å²) in [6, 6.07) is 8.26. The van der Waals surface area contributed by atoms with E-state index in [2.05, 4.69) is 10.6 Å². The Morgan fingerprint density at radius 2 is 2.29 bits per heavy atom. The highest BCUT2D eigenvalue weighted by molar-refractivity contribution is 5.92. The fourth-order valence-corrected chi connectivity index (χ4v) is 1.64. The highest BCUT2D eigenvalue weighted by atomic mass is 16.5. The number of anilines is 1. The van der Waals surface area contributed by atoms with Crippen molar-refractivity contribution in [1.82, 2.24) is 5.32 Å². The maximum absolute atomic E-state index is 11.6. The molecule has 1 aliphatic carbocycles. The maximum Gasteiger partial charge on any atom is 0.238 e. The normalized spacial score (nSPS) is 14.6. The van der Waals surface area contributed by atoms with Crippen LogP contribution in [0.5, 0.6) is 0 Å². The van der Waals surface area contributed by atoms with E-state index in [-0.39, 0.29) is 5.91 Å². The van der Waals surface area contributed by atoms with Gasteiger partial charge in [-0.2, -0.15) is 0 Å². The van der Waals surface area contributed by atoms with Crippen molar-refractivity contribution in [1.29, 1.82) is 0 Å². The second-order valence-corrected chi connectivity index (χ2v) is 4.34. The molecule has 4 nitrogen and oxygen atoms in total. The van der Waals surface area contributed by atoms with Gasteiger partial charge in [0.25, 0.3) is 0 Å². The largest absolute Gasteiger partial charge is 0.380 e. The molecule has 17 heavy (non-hydrogen) atoms. The number of hydrogen-bond donors (Lipinski definition) is 2. The Balaban J connectivity index is 1.83. The smallest absolute Gasteiger partial charge is 0.238 e. The van der Waals surface area contributed by atoms with Crippen molar-refractivity contribution in [3.05, 3.63) is 29.8 Å². The molecule has 1 aromatic rings. The van der Waals surface area contributed by atoms with Crippen LogP contribution in [0.1, 0.15) is 18.4 Å². The number of ether oxygens (including phenoxy) is 1. The summed E-state index contributed by atoms with van der Waals surface area (Å²) in [4.78, 5) is 11.6. The van der Waals surface area contributed by atoms with Crippen LogP contribution < -0.4 is 10.6 Å². The van der Waals surface area contributed by atoms with Crippen molar-refractivity contribution in [2.24, 2.45) is 0 Å². The minimum atomic E-state index is 0.00599. The SMILES string of the molecule is COCc1cccc(NC(=O)CNC2CC2)c1. The molecule has 0 heterocycles. The predicted molar refractivity (Wildman–Crippen MR) is 66.8 cm³/mol. The van der Waals surface area contributed by atoms with E-state index < -0.39 is 0 Å². The van der Waals surface area contributed by atoms with Gasteiger partial charge in [0.15, 0.2) is 0 Å². The van der Waals surface area contributed by atoms with Crippen LogP contribution in [0, 0.1) is 0 Å². The Morgan fingerprint density at radius 3 is 3.00 bits per heavy atom. The minimum absolute atomic E-state index is 0.00599. The van der Waals surface area contributed by atoms with Crippen LogP contribution in [-0.2, 0) is 16.1 Å². The number of nitrogens with one attached hydrogen (secondary N) is 2. The van der Waals surface area contributed by atoms with E-state index in [1.807, 2.05) is 24.3 Å².